The molecule has 1 heterocycles. The highest BCUT2D eigenvalue weighted by Crippen LogP contribution is 2.37. The van der Waals surface area contributed by atoms with Crippen LogP contribution in [0.1, 0.15) is 12.5 Å². The Kier molecular flexibility index (Phi) is 11.0. The normalized spacial score (nSPS) is 16.3. The lowest BCUT2D eigenvalue weighted by molar-refractivity contribution is -0.138. The van der Waals surface area contributed by atoms with Crippen LogP contribution in [0.2, 0.25) is 0 Å². The minimum absolute atomic E-state index is 0.0256. The summed E-state index contributed by atoms with van der Waals surface area (Å²) in [5, 5.41) is 20.5. The average Bonchev–Trinajstić information content (AvgIpc) is 2.91. The number of methoxy groups -OCH3 is 1. The van der Waals surface area contributed by atoms with Crippen LogP contribution in [-0.2, 0) is 20.4 Å². The van der Waals surface area contributed by atoms with Gasteiger partial charge >= 0.3 is 24.3 Å². The summed E-state index contributed by atoms with van der Waals surface area (Å²) in [6.45, 7) is 5.15. The second kappa shape index (κ2) is 14.0. The van der Waals surface area contributed by atoms with Crippen LogP contribution < -0.4 is 16.0 Å². The summed E-state index contributed by atoms with van der Waals surface area (Å²) >= 11 is 0. The summed E-state index contributed by atoms with van der Waals surface area (Å²) in [6, 6.07) is 2.81. The van der Waals surface area contributed by atoms with Gasteiger partial charge in [0.25, 0.3) is 0 Å². The molecule has 1 atom stereocenters. The number of nitrogens with zero attached hydrogens (tertiary/aromatic N) is 4. The van der Waals surface area contributed by atoms with Gasteiger partial charge in [-0.1, -0.05) is 18.7 Å². The molecule has 0 spiro atoms. The molecule has 0 radical (unpaired) electrons. The molecular formula is C27H30F3N7O5. The highest BCUT2D eigenvalue weighted by atomic mass is 19.4. The fraction of sp³-hybridized carbons (Fsp3) is 0.296. The average molecular weight is 590 g/mol. The van der Waals surface area contributed by atoms with E-state index in [4.69, 9.17) is 20.6 Å². The lowest BCUT2D eigenvalue weighted by Gasteiger charge is -2.43. The molecule has 0 aliphatic carbocycles. The van der Waals surface area contributed by atoms with Gasteiger partial charge in [0.15, 0.2) is 0 Å². The highest BCUT2D eigenvalue weighted by molar-refractivity contribution is 6.10. The number of guanidine groups is 1. The number of nitriles is 1. The standard InChI is InChI=1S/C27H30F3N7O5/c1-6-17(15-31)10-11-20(34-26(40)42-13-12-35(3)4)22-21(23(38)41-5)16(2)36(24(32)37(22)25(33)39)19-9-7-8-18(14-19)27(28,29)30/h6-11,14,22,32H,1,12-13H2,2-5H3,(H2,33,39)(H,34,40)/b17-10+,20-11-,32-24?/t22-/m1/s1. The van der Waals surface area contributed by atoms with Crippen molar-refractivity contribution in [2.45, 2.75) is 19.1 Å². The fourth-order valence-electron chi connectivity index (χ4n) is 3.88. The van der Waals surface area contributed by atoms with Crippen LogP contribution >= 0.6 is 0 Å². The maximum atomic E-state index is 13.5. The third-order valence-electron chi connectivity index (χ3n) is 5.88. The molecule has 1 aliphatic rings. The largest absolute Gasteiger partial charge is 0.466 e. The zero-order valence-electron chi connectivity index (χ0n) is 23.3. The van der Waals surface area contributed by atoms with Crippen molar-refractivity contribution in [2.24, 2.45) is 5.73 Å². The number of nitrogens with two attached hydrogens (primary N) is 1. The minimum atomic E-state index is -4.73. The number of likely N-dealkylation sites (N-methyl/N-ethyl adjacent to an activating group) is 1. The molecule has 15 heteroatoms. The van der Waals surface area contributed by atoms with E-state index in [9.17, 15) is 32.8 Å². The highest BCUT2D eigenvalue weighted by Gasteiger charge is 2.45. The van der Waals surface area contributed by atoms with Crippen molar-refractivity contribution in [2.75, 3.05) is 39.3 Å². The molecule has 0 fully saturated rings. The number of nitrogens with one attached hydrogen (secondary N) is 2. The number of urea groups is 1. The smallest absolute Gasteiger partial charge is 0.416 e. The van der Waals surface area contributed by atoms with Crippen molar-refractivity contribution in [3.63, 3.8) is 0 Å². The summed E-state index contributed by atoms with van der Waals surface area (Å²) in [4.78, 5) is 41.9. The number of alkyl carbamates (subject to hydrolysis) is 1. The van der Waals surface area contributed by atoms with Gasteiger partial charge < -0.3 is 20.1 Å². The van der Waals surface area contributed by atoms with Crippen LogP contribution in [0.3, 0.4) is 0 Å². The van der Waals surface area contributed by atoms with E-state index in [1.54, 1.807) is 19.0 Å². The van der Waals surface area contributed by atoms with Crippen LogP contribution in [0.25, 0.3) is 0 Å². The van der Waals surface area contributed by atoms with E-state index in [2.05, 4.69) is 11.9 Å². The Labute approximate surface area is 240 Å². The minimum Gasteiger partial charge on any atom is -0.466 e. The van der Waals surface area contributed by atoms with Crippen LogP contribution in [0.4, 0.5) is 28.4 Å². The van der Waals surface area contributed by atoms with Crippen LogP contribution in [0.15, 0.2) is 71.6 Å². The molecule has 1 aromatic carbocycles. The summed E-state index contributed by atoms with van der Waals surface area (Å²) in [5.41, 5.74) is 3.70. The van der Waals surface area contributed by atoms with Gasteiger partial charge in [-0.15, -0.1) is 0 Å². The Bertz CT molecular complexity index is 1390. The predicted molar refractivity (Wildman–Crippen MR) is 147 cm³/mol. The zero-order valence-corrected chi connectivity index (χ0v) is 23.3. The number of carbonyl (C=O) groups excluding carboxylic acids is 3. The number of rotatable bonds is 9. The van der Waals surface area contributed by atoms with Crippen molar-refractivity contribution in [1.82, 2.24) is 15.1 Å². The Hall–Kier alpha value is -5.10. The molecule has 4 N–H and O–H groups in total. The van der Waals surface area contributed by atoms with Gasteiger partial charge in [0.2, 0.25) is 5.96 Å². The molecule has 0 aromatic heterocycles. The second-order valence-corrected chi connectivity index (χ2v) is 8.93. The number of alkyl halides is 3. The predicted octanol–water partition coefficient (Wildman–Crippen LogP) is 3.46. The number of halogens is 3. The first-order chi connectivity index (χ1) is 19.7. The van der Waals surface area contributed by atoms with E-state index in [0.717, 1.165) is 30.2 Å². The number of carbonyl (C=O) groups is 3. The quantitative estimate of drug-likeness (QED) is 0.224. The van der Waals surface area contributed by atoms with E-state index < -0.39 is 41.8 Å². The number of hydrogen-bond acceptors (Lipinski definition) is 8. The van der Waals surface area contributed by atoms with Crippen LogP contribution in [0.5, 0.6) is 0 Å². The van der Waals surface area contributed by atoms with Gasteiger partial charge in [-0.25, -0.2) is 14.4 Å². The van der Waals surface area contributed by atoms with Crippen LogP contribution in [-0.4, -0.2) is 74.3 Å². The Morgan fingerprint density at radius 1 is 1.29 bits per heavy atom. The summed E-state index contributed by atoms with van der Waals surface area (Å²) in [5.74, 6) is -1.78. The Morgan fingerprint density at radius 2 is 1.95 bits per heavy atom. The first-order valence-electron chi connectivity index (χ1n) is 12.1. The molecule has 0 saturated heterocycles. The second-order valence-electron chi connectivity index (χ2n) is 8.93. The maximum absolute atomic E-state index is 13.5. The molecule has 1 aromatic rings. The van der Waals surface area contributed by atoms with E-state index in [-0.39, 0.29) is 34.8 Å². The van der Waals surface area contributed by atoms with Gasteiger partial charge in [-0.2, -0.15) is 18.4 Å². The van der Waals surface area contributed by atoms with Crippen LogP contribution in [0, 0.1) is 16.7 Å². The van der Waals surface area contributed by atoms with Crippen molar-refractivity contribution < 1.29 is 37.0 Å². The van der Waals surface area contributed by atoms with E-state index in [1.807, 2.05) is 6.07 Å². The van der Waals surface area contributed by atoms with Gasteiger partial charge in [0.1, 0.15) is 12.6 Å². The molecular weight excluding hydrogens is 559 g/mol. The summed E-state index contributed by atoms with van der Waals surface area (Å²) < 4.78 is 50.5. The zero-order chi connectivity index (χ0) is 31.8. The number of benzene rings is 1. The monoisotopic (exact) mass is 589 g/mol. The number of esters is 1. The molecule has 2 rings (SSSR count). The van der Waals surface area contributed by atoms with Crippen molar-refractivity contribution in [1.29, 1.82) is 10.7 Å². The third kappa shape index (κ3) is 7.76. The maximum Gasteiger partial charge on any atom is 0.416 e. The molecule has 42 heavy (non-hydrogen) atoms. The van der Waals surface area contributed by atoms with Crippen molar-refractivity contribution in [3.05, 3.63) is 77.2 Å². The number of allylic oxidation sites excluding steroid dienone is 5. The van der Waals surface area contributed by atoms with Crippen molar-refractivity contribution in [3.8, 4) is 6.07 Å². The number of amides is 3. The number of anilines is 1. The Morgan fingerprint density at radius 3 is 2.48 bits per heavy atom. The van der Waals surface area contributed by atoms with Gasteiger partial charge in [-0.05, 0) is 51.4 Å². The lowest BCUT2D eigenvalue weighted by atomic mass is 9.95. The van der Waals surface area contributed by atoms with Gasteiger partial charge in [0, 0.05) is 23.6 Å². The van der Waals surface area contributed by atoms with Gasteiger partial charge in [0.05, 0.1) is 29.9 Å². The number of ether oxygens (including phenoxy) is 2. The fourth-order valence-corrected chi connectivity index (χ4v) is 3.88. The topological polar surface area (TPSA) is 165 Å². The van der Waals surface area contributed by atoms with E-state index in [0.29, 0.717) is 11.4 Å². The van der Waals surface area contributed by atoms with E-state index >= 15 is 0 Å². The summed E-state index contributed by atoms with van der Waals surface area (Å²) in [6.07, 6.45) is -2.14. The molecule has 0 unspecified atom stereocenters. The number of hydrogen-bond donors (Lipinski definition) is 3. The first-order valence-corrected chi connectivity index (χ1v) is 12.1. The Balaban J connectivity index is 2.84. The SMILES string of the molecule is C=C/C(C#N)=C\C=C(/NC(=O)OCCN(C)C)[C@@H]1C(C(=O)OC)=C(C)N(c2cccc(C(F)(F)F)c2)C(=N)N1C(N)=O. The molecule has 12 nitrogen and oxygen atoms in total. The molecule has 0 bridgehead atoms. The number of primary amides is 1. The molecule has 0 saturated carbocycles. The molecule has 1 aliphatic heterocycles. The first kappa shape index (κ1) is 33.1. The van der Waals surface area contributed by atoms with Crippen molar-refractivity contribution >= 4 is 29.7 Å². The molecule has 3 amide bonds. The lowest BCUT2D eigenvalue weighted by Crippen LogP contribution is -2.60. The third-order valence-corrected chi connectivity index (χ3v) is 5.88. The molecule has 224 valence electrons. The van der Waals surface area contributed by atoms with Gasteiger partial charge in [-0.3, -0.25) is 20.5 Å². The summed E-state index contributed by atoms with van der Waals surface area (Å²) in [7, 11) is 4.53. The van der Waals surface area contributed by atoms with E-state index in [1.165, 1.54) is 31.2 Å².